The van der Waals surface area contributed by atoms with Crippen molar-refractivity contribution in [2.24, 2.45) is 0 Å². The molecule has 1 aromatic heterocycles. The van der Waals surface area contributed by atoms with Crippen molar-refractivity contribution in [3.8, 4) is 5.95 Å². The fourth-order valence-electron chi connectivity index (χ4n) is 1.18. The Bertz CT molecular complexity index is 272. The second-order valence-corrected chi connectivity index (χ2v) is 2.75. The van der Waals surface area contributed by atoms with E-state index in [9.17, 15) is 5.11 Å². The molecule has 0 amide bonds. The van der Waals surface area contributed by atoms with Gasteiger partial charge in [0.05, 0.1) is 18.4 Å². The van der Waals surface area contributed by atoms with Crippen LogP contribution in [0.3, 0.4) is 0 Å². The highest BCUT2D eigenvalue weighted by atomic mass is 16.6. The lowest BCUT2D eigenvalue weighted by atomic mass is 10.1. The van der Waals surface area contributed by atoms with Gasteiger partial charge in [-0.3, -0.25) is 0 Å². The second-order valence-electron chi connectivity index (χ2n) is 2.75. The summed E-state index contributed by atoms with van der Waals surface area (Å²) in [6.45, 7) is 2.21. The van der Waals surface area contributed by atoms with E-state index in [-0.39, 0.29) is 5.95 Å². The highest BCUT2D eigenvalue weighted by molar-refractivity contribution is 5.29. The molecule has 5 heteroatoms. The number of hydrogen-bond acceptors (Lipinski definition) is 5. The van der Waals surface area contributed by atoms with Crippen LogP contribution in [0.4, 0.5) is 0 Å². The van der Waals surface area contributed by atoms with Crippen LogP contribution in [0.15, 0.2) is 4.52 Å². The average molecular weight is 186 g/mol. The number of rotatable bonds is 4. The highest BCUT2D eigenvalue weighted by Gasteiger charge is 2.20. The van der Waals surface area contributed by atoms with Gasteiger partial charge in [-0.25, -0.2) is 0 Å². The molecule has 1 aromatic rings. The summed E-state index contributed by atoms with van der Waals surface area (Å²) >= 11 is 0. The minimum atomic E-state index is -0.647. The monoisotopic (exact) mass is 186 g/mol. The first-order chi connectivity index (χ1) is 6.20. The summed E-state index contributed by atoms with van der Waals surface area (Å²) in [5.41, 5.74) is 1.26. The Morgan fingerprint density at radius 2 is 2.38 bits per heavy atom. The third kappa shape index (κ3) is 1.99. The molecular weight excluding hydrogens is 172 g/mol. The molecule has 13 heavy (non-hydrogen) atoms. The fourth-order valence-corrected chi connectivity index (χ4v) is 1.18. The zero-order valence-corrected chi connectivity index (χ0v) is 8.00. The van der Waals surface area contributed by atoms with E-state index in [1.165, 1.54) is 7.11 Å². The molecule has 5 nitrogen and oxygen atoms in total. The number of hydrogen-bond donors (Lipinski definition) is 2. The summed E-state index contributed by atoms with van der Waals surface area (Å²) < 4.78 is 9.77. The fraction of sp³-hybridized carbons (Fsp3) is 0.625. The molecule has 0 saturated carbocycles. The lowest BCUT2D eigenvalue weighted by Crippen LogP contribution is -2.17. The third-order valence-corrected chi connectivity index (χ3v) is 1.79. The summed E-state index contributed by atoms with van der Waals surface area (Å²) in [5, 5.41) is 16.2. The Kier molecular flexibility index (Phi) is 3.27. The number of aliphatic hydroxyl groups excluding tert-OH is 1. The Morgan fingerprint density at radius 3 is 2.92 bits per heavy atom. The van der Waals surface area contributed by atoms with Gasteiger partial charge in [-0.1, -0.05) is 5.16 Å². The summed E-state index contributed by atoms with van der Waals surface area (Å²) in [5.74, 6) is 0.278. The maximum absolute atomic E-state index is 9.66. The van der Waals surface area contributed by atoms with Crippen LogP contribution in [-0.2, 0) is 0 Å². The van der Waals surface area contributed by atoms with E-state index in [1.807, 2.05) is 0 Å². The Morgan fingerprint density at radius 1 is 1.69 bits per heavy atom. The van der Waals surface area contributed by atoms with E-state index in [1.54, 1.807) is 14.0 Å². The van der Waals surface area contributed by atoms with Gasteiger partial charge in [0.2, 0.25) is 0 Å². The Hall–Kier alpha value is -1.07. The lowest BCUT2D eigenvalue weighted by molar-refractivity contribution is 0.167. The predicted octanol–water partition coefficient (Wildman–Crippen LogP) is 0.244. The minimum absolute atomic E-state index is 0.278. The van der Waals surface area contributed by atoms with E-state index in [2.05, 4.69) is 10.5 Å². The SMILES string of the molecule is CNCC(O)c1c(C)noc1OC. The summed E-state index contributed by atoms with van der Waals surface area (Å²) in [6.07, 6.45) is -0.647. The lowest BCUT2D eigenvalue weighted by Gasteiger charge is -2.08. The molecule has 1 rings (SSSR count). The van der Waals surface area contributed by atoms with Gasteiger partial charge in [-0.15, -0.1) is 0 Å². The normalized spacial score (nSPS) is 12.9. The number of aromatic nitrogens is 1. The van der Waals surface area contributed by atoms with Crippen LogP contribution in [-0.4, -0.2) is 31.0 Å². The number of nitrogens with zero attached hydrogens (tertiary/aromatic N) is 1. The first-order valence-electron chi connectivity index (χ1n) is 4.03. The van der Waals surface area contributed by atoms with Crippen LogP contribution < -0.4 is 10.1 Å². The van der Waals surface area contributed by atoms with Gasteiger partial charge in [0.1, 0.15) is 6.10 Å². The molecule has 0 spiro atoms. The van der Waals surface area contributed by atoms with Crippen molar-refractivity contribution in [2.45, 2.75) is 13.0 Å². The molecular formula is C8H14N2O3. The molecule has 0 aliphatic rings. The maximum Gasteiger partial charge on any atom is 0.317 e. The predicted molar refractivity (Wildman–Crippen MR) is 46.7 cm³/mol. The number of aliphatic hydroxyl groups is 1. The quantitative estimate of drug-likeness (QED) is 0.705. The van der Waals surface area contributed by atoms with Gasteiger partial charge in [-0.05, 0) is 14.0 Å². The van der Waals surface area contributed by atoms with E-state index >= 15 is 0 Å². The molecule has 1 unspecified atom stereocenters. The van der Waals surface area contributed by atoms with Crippen LogP contribution in [0.5, 0.6) is 5.95 Å². The summed E-state index contributed by atoms with van der Waals surface area (Å²) in [4.78, 5) is 0. The van der Waals surface area contributed by atoms with Crippen molar-refractivity contribution in [3.05, 3.63) is 11.3 Å². The first kappa shape index (κ1) is 10.0. The van der Waals surface area contributed by atoms with Gasteiger partial charge in [0.25, 0.3) is 0 Å². The zero-order chi connectivity index (χ0) is 9.84. The average Bonchev–Trinajstić information content (AvgIpc) is 2.47. The van der Waals surface area contributed by atoms with Crippen molar-refractivity contribution >= 4 is 0 Å². The zero-order valence-electron chi connectivity index (χ0n) is 8.00. The summed E-state index contributed by atoms with van der Waals surface area (Å²) in [7, 11) is 3.24. The van der Waals surface area contributed by atoms with Gasteiger partial charge in [0.15, 0.2) is 0 Å². The molecule has 0 bridgehead atoms. The molecule has 0 saturated heterocycles. The molecule has 0 radical (unpaired) electrons. The molecule has 1 atom stereocenters. The number of aryl methyl sites for hydroxylation is 1. The van der Waals surface area contributed by atoms with Crippen LogP contribution in [0.2, 0.25) is 0 Å². The molecule has 0 aliphatic carbocycles. The van der Waals surface area contributed by atoms with E-state index < -0.39 is 6.10 Å². The molecule has 1 heterocycles. The molecule has 2 N–H and O–H groups in total. The number of methoxy groups -OCH3 is 1. The van der Waals surface area contributed by atoms with Crippen LogP contribution in [0.25, 0.3) is 0 Å². The standard InChI is InChI=1S/C8H14N2O3/c1-5-7(6(11)4-9-2)8(12-3)13-10-5/h6,9,11H,4H2,1-3H3. The van der Waals surface area contributed by atoms with Crippen molar-refractivity contribution in [1.29, 1.82) is 0 Å². The van der Waals surface area contributed by atoms with Gasteiger partial charge < -0.3 is 19.7 Å². The largest absolute Gasteiger partial charge is 0.467 e. The van der Waals surface area contributed by atoms with E-state index in [0.29, 0.717) is 17.8 Å². The number of likely N-dealkylation sites (N-methyl/N-ethyl adjacent to an activating group) is 1. The van der Waals surface area contributed by atoms with Gasteiger partial charge in [0, 0.05) is 6.54 Å². The van der Waals surface area contributed by atoms with Crippen LogP contribution in [0, 0.1) is 6.92 Å². The second kappa shape index (κ2) is 4.25. The molecule has 0 aromatic carbocycles. The maximum atomic E-state index is 9.66. The number of ether oxygens (including phenoxy) is 1. The molecule has 74 valence electrons. The van der Waals surface area contributed by atoms with Crippen molar-refractivity contribution in [3.63, 3.8) is 0 Å². The van der Waals surface area contributed by atoms with Crippen LogP contribution >= 0.6 is 0 Å². The smallest absolute Gasteiger partial charge is 0.317 e. The van der Waals surface area contributed by atoms with Crippen molar-refractivity contribution in [1.82, 2.24) is 10.5 Å². The summed E-state index contributed by atoms with van der Waals surface area (Å²) in [6, 6.07) is 0. The van der Waals surface area contributed by atoms with Gasteiger partial charge in [-0.2, -0.15) is 0 Å². The minimum Gasteiger partial charge on any atom is -0.467 e. The van der Waals surface area contributed by atoms with Crippen molar-refractivity contribution < 1.29 is 14.4 Å². The number of nitrogens with one attached hydrogen (secondary N) is 1. The van der Waals surface area contributed by atoms with Gasteiger partial charge >= 0.3 is 5.95 Å². The highest BCUT2D eigenvalue weighted by Crippen LogP contribution is 2.27. The third-order valence-electron chi connectivity index (χ3n) is 1.79. The van der Waals surface area contributed by atoms with Crippen LogP contribution in [0.1, 0.15) is 17.4 Å². The first-order valence-corrected chi connectivity index (χ1v) is 4.03. The molecule has 0 aliphatic heterocycles. The van der Waals surface area contributed by atoms with Crippen molar-refractivity contribution in [2.75, 3.05) is 20.7 Å². The van der Waals surface area contributed by atoms with E-state index in [0.717, 1.165) is 0 Å². The Balaban J connectivity index is 2.89. The van der Waals surface area contributed by atoms with E-state index in [4.69, 9.17) is 9.26 Å². The Labute approximate surface area is 76.7 Å². The topological polar surface area (TPSA) is 67.5 Å². The molecule has 0 fully saturated rings.